The van der Waals surface area contributed by atoms with E-state index >= 15 is 0 Å². The van der Waals surface area contributed by atoms with Crippen LogP contribution in [0.4, 0.5) is 10.2 Å². The fourth-order valence-corrected chi connectivity index (χ4v) is 2.75. The van der Waals surface area contributed by atoms with Gasteiger partial charge in [0.15, 0.2) is 23.1 Å². The van der Waals surface area contributed by atoms with E-state index in [1.165, 1.54) is 25.4 Å². The molecular formula is C16H12BrClFN5O3. The van der Waals surface area contributed by atoms with E-state index in [0.717, 1.165) is 0 Å². The Morgan fingerprint density at radius 2 is 2.15 bits per heavy atom. The number of aromatic amines is 1. The average Bonchev–Trinajstić information content (AvgIpc) is 3.16. The molecule has 0 saturated heterocycles. The van der Waals surface area contributed by atoms with Crippen LogP contribution >= 0.6 is 27.5 Å². The number of carbonyl (C=O) groups is 1. The van der Waals surface area contributed by atoms with Crippen molar-refractivity contribution in [3.63, 3.8) is 0 Å². The third-order valence-corrected chi connectivity index (χ3v) is 4.56. The number of nitrogens with two attached hydrogens (primary N) is 1. The fourth-order valence-electron chi connectivity index (χ4n) is 2.19. The number of rotatable bonds is 5. The molecule has 1 aromatic carbocycles. The Kier molecular flexibility index (Phi) is 5.57. The minimum Gasteiger partial charge on any atom is -0.492 e. The number of nitrogen functional groups attached to an aromatic ring is 1. The Labute approximate surface area is 166 Å². The topological polar surface area (TPSA) is 116 Å². The van der Waals surface area contributed by atoms with Gasteiger partial charge >= 0.3 is 5.97 Å². The number of hydrogen-bond donors (Lipinski definition) is 2. The van der Waals surface area contributed by atoms with Crippen molar-refractivity contribution >= 4 is 39.3 Å². The van der Waals surface area contributed by atoms with Crippen molar-refractivity contribution in [1.82, 2.24) is 20.2 Å². The molecule has 2 aromatic heterocycles. The van der Waals surface area contributed by atoms with Gasteiger partial charge in [-0.15, -0.1) is 0 Å². The molecule has 3 rings (SSSR count). The first-order valence-electron chi connectivity index (χ1n) is 7.43. The lowest BCUT2D eigenvalue weighted by Crippen LogP contribution is -2.12. The van der Waals surface area contributed by atoms with E-state index < -0.39 is 11.8 Å². The summed E-state index contributed by atoms with van der Waals surface area (Å²) in [6.07, 6.45) is 1.52. The maximum atomic E-state index is 14.6. The van der Waals surface area contributed by atoms with Gasteiger partial charge in [0.05, 0.1) is 27.9 Å². The van der Waals surface area contributed by atoms with Gasteiger partial charge in [-0.2, -0.15) is 5.10 Å². The second-order valence-electron chi connectivity index (χ2n) is 5.20. The number of nitrogens with zero attached hydrogens (tertiary/aromatic N) is 3. The molecule has 0 aliphatic carbocycles. The number of benzene rings is 1. The molecule has 8 nitrogen and oxygen atoms in total. The number of ether oxygens (including phenoxy) is 2. The Morgan fingerprint density at radius 3 is 2.81 bits per heavy atom. The van der Waals surface area contributed by atoms with Crippen molar-refractivity contribution in [3.8, 4) is 17.1 Å². The third-order valence-electron chi connectivity index (χ3n) is 3.48. The summed E-state index contributed by atoms with van der Waals surface area (Å²) in [5.41, 5.74) is 6.25. The second kappa shape index (κ2) is 7.89. The molecule has 140 valence electrons. The zero-order chi connectivity index (χ0) is 19.6. The predicted molar refractivity (Wildman–Crippen MR) is 98.8 cm³/mol. The van der Waals surface area contributed by atoms with Gasteiger partial charge in [-0.1, -0.05) is 11.6 Å². The van der Waals surface area contributed by atoms with Crippen molar-refractivity contribution in [2.45, 2.75) is 6.61 Å². The van der Waals surface area contributed by atoms with Gasteiger partial charge in [0.25, 0.3) is 0 Å². The van der Waals surface area contributed by atoms with Crippen LogP contribution in [-0.4, -0.2) is 33.2 Å². The SMILES string of the molecule is COc1c(Cl)ccc(-c2nc(N)c(Br)c(C(=O)OCc3ccn[nH]3)n2)c1F. The van der Waals surface area contributed by atoms with Gasteiger partial charge in [0.2, 0.25) is 0 Å². The van der Waals surface area contributed by atoms with E-state index in [1.54, 1.807) is 6.07 Å². The van der Waals surface area contributed by atoms with Crippen LogP contribution in [0.3, 0.4) is 0 Å². The number of hydrogen-bond acceptors (Lipinski definition) is 7. The number of halogens is 3. The number of anilines is 1. The lowest BCUT2D eigenvalue weighted by atomic mass is 10.1. The summed E-state index contributed by atoms with van der Waals surface area (Å²) in [5, 5.41) is 6.50. The number of methoxy groups -OCH3 is 1. The van der Waals surface area contributed by atoms with Gasteiger partial charge in [-0.05, 0) is 34.1 Å². The minimum atomic E-state index is -0.775. The summed E-state index contributed by atoms with van der Waals surface area (Å²) >= 11 is 9.05. The summed E-state index contributed by atoms with van der Waals surface area (Å²) in [5.74, 6) is -1.88. The third kappa shape index (κ3) is 3.86. The zero-order valence-electron chi connectivity index (χ0n) is 13.8. The Hall–Kier alpha value is -2.72. The number of nitrogens with one attached hydrogen (secondary N) is 1. The van der Waals surface area contributed by atoms with Crippen molar-refractivity contribution in [1.29, 1.82) is 0 Å². The van der Waals surface area contributed by atoms with Crippen molar-refractivity contribution in [3.05, 3.63) is 51.1 Å². The van der Waals surface area contributed by atoms with Crippen LogP contribution in [0.25, 0.3) is 11.4 Å². The van der Waals surface area contributed by atoms with Crippen LogP contribution in [0.15, 0.2) is 28.9 Å². The molecule has 0 aliphatic rings. The molecule has 0 radical (unpaired) electrons. The number of H-pyrrole nitrogens is 1. The molecule has 2 heterocycles. The molecular weight excluding hydrogens is 445 g/mol. The lowest BCUT2D eigenvalue weighted by molar-refractivity contribution is 0.0459. The van der Waals surface area contributed by atoms with Crippen LogP contribution in [0.5, 0.6) is 5.75 Å². The molecule has 3 aromatic rings. The fraction of sp³-hybridized carbons (Fsp3) is 0.125. The number of aromatic nitrogens is 4. The summed E-state index contributed by atoms with van der Waals surface area (Å²) in [4.78, 5) is 20.5. The van der Waals surface area contributed by atoms with E-state index in [-0.39, 0.29) is 44.8 Å². The molecule has 0 spiro atoms. The van der Waals surface area contributed by atoms with Crippen LogP contribution in [0, 0.1) is 5.82 Å². The molecule has 0 aliphatic heterocycles. The van der Waals surface area contributed by atoms with Crippen LogP contribution < -0.4 is 10.5 Å². The first-order valence-corrected chi connectivity index (χ1v) is 8.60. The van der Waals surface area contributed by atoms with Gasteiger partial charge in [0.1, 0.15) is 12.4 Å². The largest absolute Gasteiger partial charge is 0.492 e. The second-order valence-corrected chi connectivity index (χ2v) is 6.40. The van der Waals surface area contributed by atoms with Gasteiger partial charge in [0, 0.05) is 6.20 Å². The first-order chi connectivity index (χ1) is 12.9. The number of esters is 1. The average molecular weight is 457 g/mol. The maximum Gasteiger partial charge on any atom is 0.358 e. The summed E-state index contributed by atoms with van der Waals surface area (Å²) in [6, 6.07) is 4.44. The molecule has 3 N–H and O–H groups in total. The molecule has 11 heteroatoms. The van der Waals surface area contributed by atoms with Crippen LogP contribution in [0.1, 0.15) is 16.2 Å². The van der Waals surface area contributed by atoms with Crippen LogP contribution in [-0.2, 0) is 11.3 Å². The molecule has 0 unspecified atom stereocenters. The monoisotopic (exact) mass is 455 g/mol. The lowest BCUT2D eigenvalue weighted by Gasteiger charge is -2.11. The summed E-state index contributed by atoms with van der Waals surface area (Å²) in [6.45, 7) is -0.0480. The smallest absolute Gasteiger partial charge is 0.358 e. The summed E-state index contributed by atoms with van der Waals surface area (Å²) < 4.78 is 24.9. The van der Waals surface area contributed by atoms with Crippen LogP contribution in [0.2, 0.25) is 5.02 Å². The summed E-state index contributed by atoms with van der Waals surface area (Å²) in [7, 11) is 1.28. The minimum absolute atomic E-state index is 0.0296. The maximum absolute atomic E-state index is 14.6. The normalized spacial score (nSPS) is 10.7. The Bertz CT molecular complexity index is 1000. The molecule has 27 heavy (non-hydrogen) atoms. The molecule has 0 amide bonds. The number of carbonyl (C=O) groups excluding carboxylic acids is 1. The van der Waals surface area contributed by atoms with E-state index in [1.807, 2.05) is 0 Å². The quantitative estimate of drug-likeness (QED) is 0.565. The van der Waals surface area contributed by atoms with Gasteiger partial charge in [-0.3, -0.25) is 5.10 Å². The molecule has 0 atom stereocenters. The van der Waals surface area contributed by atoms with E-state index in [2.05, 4.69) is 36.1 Å². The molecule has 0 fully saturated rings. The first kappa shape index (κ1) is 19.1. The zero-order valence-corrected chi connectivity index (χ0v) is 16.1. The van der Waals surface area contributed by atoms with E-state index in [4.69, 9.17) is 26.8 Å². The highest BCUT2D eigenvalue weighted by Gasteiger charge is 2.22. The van der Waals surface area contributed by atoms with E-state index in [9.17, 15) is 9.18 Å². The van der Waals surface area contributed by atoms with E-state index in [0.29, 0.717) is 5.69 Å². The van der Waals surface area contributed by atoms with Crippen molar-refractivity contribution in [2.24, 2.45) is 0 Å². The Morgan fingerprint density at radius 1 is 1.37 bits per heavy atom. The van der Waals surface area contributed by atoms with Crippen molar-refractivity contribution < 1.29 is 18.7 Å². The predicted octanol–water partition coefficient (Wildman–Crippen LogP) is 3.37. The highest BCUT2D eigenvalue weighted by Crippen LogP contribution is 2.35. The Balaban J connectivity index is 1.98. The standard InChI is InChI=1S/C16H12BrClFN5O3/c1-26-13-9(18)3-2-8(11(13)19)15-22-12(10(17)14(20)23-15)16(25)27-6-7-4-5-21-24-7/h2-5H,6H2,1H3,(H,21,24)(H2,20,22,23). The van der Waals surface area contributed by atoms with Crippen molar-refractivity contribution in [2.75, 3.05) is 12.8 Å². The molecule has 0 saturated carbocycles. The van der Waals surface area contributed by atoms with Gasteiger partial charge in [-0.25, -0.2) is 19.2 Å². The highest BCUT2D eigenvalue weighted by molar-refractivity contribution is 9.10. The highest BCUT2D eigenvalue weighted by atomic mass is 79.9. The van der Waals surface area contributed by atoms with Gasteiger partial charge < -0.3 is 15.2 Å². The molecule has 0 bridgehead atoms.